The van der Waals surface area contributed by atoms with Crippen LogP contribution in [0.15, 0.2) is 103 Å². The van der Waals surface area contributed by atoms with Crippen molar-refractivity contribution in [2.24, 2.45) is 0 Å². The van der Waals surface area contributed by atoms with Gasteiger partial charge in [0.2, 0.25) is 25.0 Å². The first-order valence-corrected chi connectivity index (χ1v) is 24.6. The molecular formula is C31H44O5Si4. The van der Waals surface area contributed by atoms with Gasteiger partial charge in [-0.25, -0.2) is 4.79 Å². The van der Waals surface area contributed by atoms with E-state index in [0.717, 1.165) is 0 Å². The fraction of sp³-hybridized carbons (Fsp3) is 0.323. The van der Waals surface area contributed by atoms with Gasteiger partial charge in [0.1, 0.15) is 0 Å². The van der Waals surface area contributed by atoms with Crippen molar-refractivity contribution in [2.75, 3.05) is 6.61 Å². The molecule has 0 N–H and O–H groups in total. The molecule has 9 heteroatoms. The summed E-state index contributed by atoms with van der Waals surface area (Å²) in [6, 6.07) is 31.9. The molecule has 0 radical (unpaired) electrons. The molecule has 0 amide bonds. The number of carbonyl (C=O) groups is 1. The summed E-state index contributed by atoms with van der Waals surface area (Å²) in [7, 11) is -10.8. The molecule has 40 heavy (non-hydrogen) atoms. The highest BCUT2D eigenvalue weighted by Gasteiger charge is 2.53. The molecule has 5 nitrogen and oxygen atoms in total. The molecule has 214 valence electrons. The van der Waals surface area contributed by atoms with Crippen molar-refractivity contribution >= 4 is 55.3 Å². The van der Waals surface area contributed by atoms with Gasteiger partial charge in [0.25, 0.3) is 0 Å². The minimum Gasteiger partial charge on any atom is -0.463 e. The number of hydrogen-bond donors (Lipinski definition) is 0. The molecular weight excluding hydrogens is 565 g/mol. The highest BCUT2D eigenvalue weighted by Crippen LogP contribution is 2.30. The molecule has 0 aliphatic rings. The van der Waals surface area contributed by atoms with Crippen LogP contribution in [0.5, 0.6) is 0 Å². The van der Waals surface area contributed by atoms with Gasteiger partial charge in [-0.1, -0.05) is 97.1 Å². The van der Waals surface area contributed by atoms with Crippen LogP contribution in [0, 0.1) is 0 Å². The second-order valence-electron chi connectivity index (χ2n) is 11.4. The van der Waals surface area contributed by atoms with Crippen LogP contribution in [0.2, 0.25) is 45.3 Å². The summed E-state index contributed by atoms with van der Waals surface area (Å²) >= 11 is 0. The van der Waals surface area contributed by atoms with E-state index >= 15 is 0 Å². The van der Waals surface area contributed by atoms with Crippen LogP contribution in [-0.4, -0.2) is 46.3 Å². The minimum atomic E-state index is -3.36. The van der Waals surface area contributed by atoms with E-state index in [-0.39, 0.29) is 12.6 Å². The topological polar surface area (TPSA) is 54.0 Å². The molecule has 0 saturated carbocycles. The molecule has 0 fully saturated rings. The predicted octanol–water partition coefficient (Wildman–Crippen LogP) is 5.82. The molecule has 0 unspecified atom stereocenters. The van der Waals surface area contributed by atoms with Crippen LogP contribution >= 0.6 is 0 Å². The third-order valence-electron chi connectivity index (χ3n) is 6.81. The lowest BCUT2D eigenvalue weighted by molar-refractivity contribution is -0.137. The summed E-state index contributed by atoms with van der Waals surface area (Å²) in [5.41, 5.74) is 0. The maximum atomic E-state index is 12.0. The monoisotopic (exact) mass is 608 g/mol. The molecule has 0 aliphatic heterocycles. The van der Waals surface area contributed by atoms with Crippen LogP contribution in [0.4, 0.5) is 0 Å². The zero-order valence-electron chi connectivity index (χ0n) is 25.0. The lowest BCUT2D eigenvalue weighted by Crippen LogP contribution is -2.67. The summed E-state index contributed by atoms with van der Waals surface area (Å²) in [4.78, 5) is 12.0. The second kappa shape index (κ2) is 14.0. The van der Waals surface area contributed by atoms with Crippen molar-refractivity contribution < 1.29 is 21.9 Å². The van der Waals surface area contributed by atoms with Crippen molar-refractivity contribution in [1.29, 1.82) is 0 Å². The predicted molar refractivity (Wildman–Crippen MR) is 175 cm³/mol. The normalized spacial score (nSPS) is 13.0. The Kier molecular flexibility index (Phi) is 11.2. The van der Waals surface area contributed by atoms with E-state index in [2.05, 4.69) is 112 Å². The maximum Gasteiger partial charge on any atom is 0.470 e. The molecule has 0 spiro atoms. The van der Waals surface area contributed by atoms with Crippen molar-refractivity contribution in [3.8, 4) is 0 Å². The summed E-state index contributed by atoms with van der Waals surface area (Å²) in [5.74, 6) is -0.338. The van der Waals surface area contributed by atoms with Gasteiger partial charge in [-0.05, 0) is 68.2 Å². The lowest BCUT2D eigenvalue weighted by Gasteiger charge is -2.45. The Bertz CT molecular complexity index is 1100. The second-order valence-corrected chi connectivity index (χ2v) is 26.5. The average molecular weight is 609 g/mol. The van der Waals surface area contributed by atoms with Gasteiger partial charge in [0.05, 0.1) is 6.61 Å². The lowest BCUT2D eigenvalue weighted by atomic mass is 10.4. The Balaban J connectivity index is 2.07. The molecule has 3 aromatic rings. The van der Waals surface area contributed by atoms with Crippen LogP contribution in [0.1, 0.15) is 13.3 Å². The molecule has 0 atom stereocenters. The van der Waals surface area contributed by atoms with E-state index in [4.69, 9.17) is 17.1 Å². The van der Waals surface area contributed by atoms with Gasteiger partial charge < -0.3 is 17.1 Å². The first-order valence-electron chi connectivity index (χ1n) is 14.0. The average Bonchev–Trinajstić information content (AvgIpc) is 2.92. The van der Waals surface area contributed by atoms with E-state index in [9.17, 15) is 4.79 Å². The molecule has 0 aromatic heterocycles. The number of esters is 1. The summed E-state index contributed by atoms with van der Waals surface area (Å²) in [6.45, 7) is 15.4. The van der Waals surface area contributed by atoms with Gasteiger partial charge in [-0.3, -0.25) is 0 Å². The molecule has 3 aromatic carbocycles. The summed E-state index contributed by atoms with van der Waals surface area (Å²) < 4.78 is 27.5. The summed E-state index contributed by atoms with van der Waals surface area (Å²) in [5, 5.41) is 3.57. The largest absolute Gasteiger partial charge is 0.470 e. The van der Waals surface area contributed by atoms with E-state index in [0.29, 0.717) is 12.5 Å². The number of benzene rings is 3. The Morgan fingerprint density at radius 1 is 0.625 bits per heavy atom. The molecule has 0 aliphatic carbocycles. The van der Waals surface area contributed by atoms with Gasteiger partial charge in [0, 0.05) is 12.1 Å². The van der Waals surface area contributed by atoms with Crippen molar-refractivity contribution in [3.63, 3.8) is 0 Å². The van der Waals surface area contributed by atoms with Crippen LogP contribution in [0.25, 0.3) is 0 Å². The maximum absolute atomic E-state index is 12.0. The van der Waals surface area contributed by atoms with Gasteiger partial charge in [0.15, 0.2) is 0 Å². The fourth-order valence-corrected chi connectivity index (χ4v) is 21.9. The number of ether oxygens (including phenoxy) is 1. The van der Waals surface area contributed by atoms with Gasteiger partial charge >= 0.3 is 14.8 Å². The van der Waals surface area contributed by atoms with Crippen LogP contribution < -0.4 is 15.6 Å². The smallest absolute Gasteiger partial charge is 0.463 e. The zero-order chi connectivity index (χ0) is 29.3. The molecule has 0 saturated heterocycles. The number of carbonyl (C=O) groups excluding carboxylic acids is 1. The van der Waals surface area contributed by atoms with Crippen LogP contribution in [-0.2, 0) is 21.9 Å². The third-order valence-corrected chi connectivity index (χ3v) is 22.8. The minimum absolute atomic E-state index is 0.280. The zero-order valence-corrected chi connectivity index (χ0v) is 29.0. The fourth-order valence-electron chi connectivity index (χ4n) is 4.72. The Morgan fingerprint density at radius 2 is 0.975 bits per heavy atom. The third kappa shape index (κ3) is 9.07. The van der Waals surface area contributed by atoms with Gasteiger partial charge in [-0.15, -0.1) is 0 Å². The number of hydrogen-bond acceptors (Lipinski definition) is 5. The van der Waals surface area contributed by atoms with Crippen molar-refractivity contribution in [1.82, 2.24) is 0 Å². The number of rotatable bonds is 14. The van der Waals surface area contributed by atoms with Gasteiger partial charge in [-0.2, -0.15) is 0 Å². The molecule has 0 heterocycles. The van der Waals surface area contributed by atoms with Crippen LogP contribution in [0.3, 0.4) is 0 Å². The number of allylic oxidation sites excluding steroid dienone is 1. The quantitative estimate of drug-likeness (QED) is 0.0999. The molecule has 0 bridgehead atoms. The SMILES string of the molecule is CC=CC(=O)OCCC[Si](O[Si](C)(C)c1ccccc1)(O[Si](C)(C)c1ccccc1)O[Si](C)(C)c1ccccc1. The van der Waals surface area contributed by atoms with E-state index < -0.39 is 33.8 Å². The highest BCUT2D eigenvalue weighted by molar-refractivity contribution is 6.98. The summed E-state index contributed by atoms with van der Waals surface area (Å²) in [6.07, 6.45) is 3.72. The first-order chi connectivity index (χ1) is 18.9. The van der Waals surface area contributed by atoms with E-state index in [1.165, 1.54) is 21.6 Å². The Labute approximate surface area is 244 Å². The first kappa shape index (κ1) is 32.1. The Morgan fingerprint density at radius 3 is 1.30 bits per heavy atom. The van der Waals surface area contributed by atoms with Crippen molar-refractivity contribution in [3.05, 3.63) is 103 Å². The molecule has 3 rings (SSSR count). The van der Waals surface area contributed by atoms with E-state index in [1.54, 1.807) is 13.0 Å². The van der Waals surface area contributed by atoms with Crippen molar-refractivity contribution in [2.45, 2.75) is 58.7 Å². The highest BCUT2D eigenvalue weighted by atomic mass is 28.5. The Hall–Kier alpha value is -2.38. The van der Waals surface area contributed by atoms with E-state index in [1.807, 2.05) is 18.2 Å². The standard InChI is InChI=1S/C31H44O5Si4/c1-8-19-31(32)33-26-18-27-40(34-37(2,3)28-20-12-9-13-21-28,35-38(4,5)29-22-14-10-15-23-29)36-39(6,7)30-24-16-11-17-25-30/h8-17,19-25H,18,26-27H2,1-7H3.